The zero-order chi connectivity index (χ0) is 29.1. The van der Waals surface area contributed by atoms with Gasteiger partial charge in [0.2, 0.25) is 0 Å². The van der Waals surface area contributed by atoms with Crippen molar-refractivity contribution in [1.82, 2.24) is 20.3 Å². The Bertz CT molecular complexity index is 1580. The molecule has 1 aliphatic heterocycles. The van der Waals surface area contributed by atoms with Gasteiger partial charge in [-0.25, -0.2) is 15.0 Å². The van der Waals surface area contributed by atoms with E-state index in [2.05, 4.69) is 63.5 Å². The lowest BCUT2D eigenvalue weighted by Gasteiger charge is -2.24. The Balaban J connectivity index is 1.46. The number of anilines is 4. The molecule has 0 spiro atoms. The number of aryl methyl sites for hydroxylation is 1. The summed E-state index contributed by atoms with van der Waals surface area (Å²) in [6.07, 6.45) is 4.54. The van der Waals surface area contributed by atoms with Gasteiger partial charge in [0, 0.05) is 35.7 Å². The van der Waals surface area contributed by atoms with E-state index >= 15 is 0 Å². The van der Waals surface area contributed by atoms with E-state index in [4.69, 9.17) is 9.72 Å². The van der Waals surface area contributed by atoms with Crippen LogP contribution < -0.4 is 25.4 Å². The minimum absolute atomic E-state index is 0.121. The maximum atomic E-state index is 13.6. The molecule has 9 nitrogen and oxygen atoms in total. The zero-order valence-electron chi connectivity index (χ0n) is 24.4. The number of nitrogens with one attached hydrogen (secondary N) is 4. The van der Waals surface area contributed by atoms with Gasteiger partial charge in [0.1, 0.15) is 11.8 Å². The number of hydrogen-bond donors (Lipinski definition) is 4. The molecule has 5 rings (SSSR count). The van der Waals surface area contributed by atoms with E-state index in [0.29, 0.717) is 34.3 Å². The summed E-state index contributed by atoms with van der Waals surface area (Å²) in [4.78, 5) is 27.4. The summed E-state index contributed by atoms with van der Waals surface area (Å²) >= 11 is 1.47. The molecule has 1 fully saturated rings. The summed E-state index contributed by atoms with van der Waals surface area (Å²) < 4.78 is 9.00. The van der Waals surface area contributed by atoms with Gasteiger partial charge in [-0.15, -0.1) is 0 Å². The van der Waals surface area contributed by atoms with Crippen LogP contribution in [0.25, 0.3) is 11.0 Å². The minimum atomic E-state index is -0.241. The molecule has 0 radical (unpaired) electrons. The lowest BCUT2D eigenvalue weighted by atomic mass is 9.86. The fourth-order valence-corrected chi connectivity index (χ4v) is 5.33. The summed E-state index contributed by atoms with van der Waals surface area (Å²) in [5.41, 5.74) is 7.14. The third kappa shape index (κ3) is 6.23. The first-order chi connectivity index (χ1) is 19.7. The van der Waals surface area contributed by atoms with Gasteiger partial charge in [-0.1, -0.05) is 38.8 Å². The van der Waals surface area contributed by atoms with Crippen LogP contribution in [0.5, 0.6) is 5.75 Å². The monoisotopic (exact) mass is 571 g/mol. The number of methoxy groups -OCH3 is 1. The van der Waals surface area contributed by atoms with E-state index in [-0.39, 0.29) is 11.3 Å². The second kappa shape index (κ2) is 11.9. The molecule has 4 aromatic rings. The SMILES string of the molecule is COc1c(NSC)cc(C(C)(C)C)cc1NC(=O)c1ccc(C)c(Nc2ncnc3ccc(C4CCNC4)nc23)c1. The van der Waals surface area contributed by atoms with E-state index in [1.807, 2.05) is 43.5 Å². The van der Waals surface area contributed by atoms with Crippen LogP contribution in [-0.4, -0.2) is 47.3 Å². The lowest BCUT2D eigenvalue weighted by molar-refractivity contribution is 0.102. The van der Waals surface area contributed by atoms with Crippen LogP contribution >= 0.6 is 11.9 Å². The molecule has 1 amide bonds. The highest BCUT2D eigenvalue weighted by atomic mass is 32.2. The smallest absolute Gasteiger partial charge is 0.255 e. The van der Waals surface area contributed by atoms with Gasteiger partial charge >= 0.3 is 0 Å². The average molecular weight is 572 g/mol. The molecule has 1 aliphatic rings. The van der Waals surface area contributed by atoms with Crippen molar-refractivity contribution in [2.45, 2.75) is 45.4 Å². The van der Waals surface area contributed by atoms with Gasteiger partial charge < -0.3 is 25.4 Å². The second-order valence-corrected chi connectivity index (χ2v) is 11.9. The first-order valence-electron chi connectivity index (χ1n) is 13.7. The molecule has 214 valence electrons. The van der Waals surface area contributed by atoms with Gasteiger partial charge in [-0.3, -0.25) is 4.79 Å². The third-order valence-electron chi connectivity index (χ3n) is 7.35. The molecule has 1 atom stereocenters. The fourth-order valence-electron chi connectivity index (χ4n) is 4.96. The van der Waals surface area contributed by atoms with Crippen LogP contribution in [0.3, 0.4) is 0 Å². The van der Waals surface area contributed by atoms with Crippen LogP contribution in [0.15, 0.2) is 48.8 Å². The maximum Gasteiger partial charge on any atom is 0.255 e. The molecule has 0 aliphatic carbocycles. The molecular weight excluding hydrogens is 534 g/mol. The summed E-state index contributed by atoms with van der Waals surface area (Å²) in [5.74, 6) is 1.32. The van der Waals surface area contributed by atoms with Crippen molar-refractivity contribution in [3.8, 4) is 5.75 Å². The Kier molecular flexibility index (Phi) is 8.32. The maximum absolute atomic E-state index is 13.6. The number of amides is 1. The Morgan fingerprint density at radius 1 is 1.07 bits per heavy atom. The minimum Gasteiger partial charge on any atom is -0.492 e. The molecule has 2 aromatic heterocycles. The van der Waals surface area contributed by atoms with Crippen molar-refractivity contribution in [2.24, 2.45) is 0 Å². The fraction of sp³-hybridized carbons (Fsp3) is 0.355. The molecule has 1 unspecified atom stereocenters. The highest BCUT2D eigenvalue weighted by Crippen LogP contribution is 2.40. The Morgan fingerprint density at radius 2 is 1.88 bits per heavy atom. The van der Waals surface area contributed by atoms with E-state index in [0.717, 1.165) is 53.2 Å². The number of rotatable bonds is 8. The number of ether oxygens (including phenoxy) is 1. The van der Waals surface area contributed by atoms with Crippen LogP contribution in [0.1, 0.15) is 60.3 Å². The number of aromatic nitrogens is 3. The summed E-state index contributed by atoms with van der Waals surface area (Å²) in [6, 6.07) is 13.7. The van der Waals surface area contributed by atoms with Gasteiger partial charge in [0.05, 0.1) is 24.0 Å². The summed E-state index contributed by atoms with van der Waals surface area (Å²) in [5, 5.41) is 9.91. The molecule has 0 bridgehead atoms. The number of hydrogen-bond acceptors (Lipinski definition) is 9. The molecule has 1 saturated heterocycles. The first kappa shape index (κ1) is 28.6. The van der Waals surface area contributed by atoms with Gasteiger partial charge in [-0.2, -0.15) is 0 Å². The van der Waals surface area contributed by atoms with Gasteiger partial charge in [0.25, 0.3) is 5.91 Å². The highest BCUT2D eigenvalue weighted by molar-refractivity contribution is 7.99. The summed E-state index contributed by atoms with van der Waals surface area (Å²) in [7, 11) is 1.61. The molecule has 41 heavy (non-hydrogen) atoms. The molecule has 10 heteroatoms. The highest BCUT2D eigenvalue weighted by Gasteiger charge is 2.22. The zero-order valence-corrected chi connectivity index (χ0v) is 25.2. The molecule has 0 saturated carbocycles. The van der Waals surface area contributed by atoms with Crippen molar-refractivity contribution < 1.29 is 9.53 Å². The summed E-state index contributed by atoms with van der Waals surface area (Å²) in [6.45, 7) is 10.3. The lowest BCUT2D eigenvalue weighted by Crippen LogP contribution is -2.16. The molecule has 3 heterocycles. The Morgan fingerprint density at radius 3 is 2.59 bits per heavy atom. The molecular formula is C31H37N7O2S. The Labute approximate surface area is 245 Å². The van der Waals surface area contributed by atoms with Crippen molar-refractivity contribution in [2.75, 3.05) is 41.8 Å². The van der Waals surface area contributed by atoms with Crippen molar-refractivity contribution in [1.29, 1.82) is 0 Å². The number of pyridine rings is 1. The van der Waals surface area contributed by atoms with Crippen molar-refractivity contribution >= 4 is 51.8 Å². The predicted octanol–water partition coefficient (Wildman–Crippen LogP) is 6.40. The molecule has 2 aromatic carbocycles. The third-order valence-corrected chi connectivity index (χ3v) is 7.78. The first-order valence-corrected chi connectivity index (χ1v) is 14.9. The van der Waals surface area contributed by atoms with Crippen LogP contribution in [0, 0.1) is 6.92 Å². The quantitative estimate of drug-likeness (QED) is 0.178. The number of carbonyl (C=O) groups excluding carboxylic acids is 1. The van der Waals surface area contributed by atoms with Gasteiger partial charge in [-0.05, 0) is 72.8 Å². The van der Waals surface area contributed by atoms with E-state index in [9.17, 15) is 4.79 Å². The van der Waals surface area contributed by atoms with Crippen molar-refractivity contribution in [3.05, 3.63) is 71.2 Å². The van der Waals surface area contributed by atoms with Crippen LogP contribution in [0.2, 0.25) is 0 Å². The van der Waals surface area contributed by atoms with Crippen molar-refractivity contribution in [3.63, 3.8) is 0 Å². The van der Waals surface area contributed by atoms with Gasteiger partial charge in [0.15, 0.2) is 11.6 Å². The number of carbonyl (C=O) groups is 1. The number of benzene rings is 2. The predicted molar refractivity (Wildman–Crippen MR) is 169 cm³/mol. The topological polar surface area (TPSA) is 113 Å². The number of nitrogens with zero attached hydrogens (tertiary/aromatic N) is 3. The van der Waals surface area contributed by atoms with E-state index in [1.54, 1.807) is 7.11 Å². The Hall–Kier alpha value is -3.89. The largest absolute Gasteiger partial charge is 0.492 e. The van der Waals surface area contributed by atoms with Crippen LogP contribution in [-0.2, 0) is 5.41 Å². The second-order valence-electron chi connectivity index (χ2n) is 11.3. The average Bonchev–Trinajstić information content (AvgIpc) is 3.49. The normalized spacial score (nSPS) is 15.1. The number of fused-ring (bicyclic) bond motifs is 1. The van der Waals surface area contributed by atoms with Crippen LogP contribution in [0.4, 0.5) is 22.9 Å². The van der Waals surface area contributed by atoms with E-state index < -0.39 is 0 Å². The van der Waals surface area contributed by atoms with E-state index in [1.165, 1.54) is 18.3 Å². The standard InChI is InChI=1S/C31H37N7O2S/c1-18-7-8-19(30(39)37-25-14-21(31(2,3)4)15-26(38-41-6)28(25)40-5)13-24(18)36-29-27-23(33-17-34-29)10-9-22(35-27)20-11-12-32-16-20/h7-10,13-15,17,20,32,38H,11-12,16H2,1-6H3,(H,37,39)(H,33,34,36). The molecule has 4 N–H and O–H groups in total.